The Balaban J connectivity index is 0.00000144. The summed E-state index contributed by atoms with van der Waals surface area (Å²) in [4.78, 5) is 0. The third-order valence-electron chi connectivity index (χ3n) is 8.05. The average molecular weight is 301 g/mol. The third-order valence-corrected chi connectivity index (χ3v) is 8.05. The fraction of sp³-hybridized carbons (Fsp3) is 0.818. The second-order valence-corrected chi connectivity index (χ2v) is 8.71. The number of hydrogen-bond acceptors (Lipinski definition) is 0. The van der Waals surface area contributed by atoms with Gasteiger partial charge in [-0.2, -0.15) is 0 Å². The molecule has 0 nitrogen and oxygen atoms in total. The molecule has 0 aromatic heterocycles. The van der Waals surface area contributed by atoms with E-state index in [0.29, 0.717) is 5.41 Å². The van der Waals surface area contributed by atoms with Gasteiger partial charge >= 0.3 is 0 Å². The molecule has 0 bridgehead atoms. The quantitative estimate of drug-likeness (QED) is 0.501. The maximum Gasteiger partial charge on any atom is -0.0134 e. The van der Waals surface area contributed by atoms with Crippen LogP contribution in [0.4, 0.5) is 0 Å². The first kappa shape index (κ1) is 16.3. The highest BCUT2D eigenvalue weighted by atomic mass is 14.6. The monoisotopic (exact) mass is 300 g/mol. The minimum Gasteiger partial charge on any atom is -0.0810 e. The van der Waals surface area contributed by atoms with Crippen molar-refractivity contribution in [3.63, 3.8) is 0 Å². The zero-order valence-electron chi connectivity index (χ0n) is 14.2. The summed E-state index contributed by atoms with van der Waals surface area (Å²) in [5.74, 6) is 5.05. The minimum atomic E-state index is 0. The van der Waals surface area contributed by atoms with E-state index < -0.39 is 0 Å². The minimum absolute atomic E-state index is 0. The molecule has 4 rings (SSSR count). The van der Waals surface area contributed by atoms with Crippen molar-refractivity contribution in [2.45, 2.75) is 79.6 Å². The topological polar surface area (TPSA) is 0 Å². The van der Waals surface area contributed by atoms with Gasteiger partial charge in [0.05, 0.1) is 0 Å². The molecule has 124 valence electrons. The predicted octanol–water partition coefficient (Wildman–Crippen LogP) is 6.78. The zero-order valence-corrected chi connectivity index (χ0v) is 14.2. The van der Waals surface area contributed by atoms with E-state index in [0.717, 1.165) is 29.6 Å². The first-order valence-corrected chi connectivity index (χ1v) is 9.50. The molecule has 0 aromatic rings. The molecule has 0 spiro atoms. The summed E-state index contributed by atoms with van der Waals surface area (Å²) < 4.78 is 0. The second kappa shape index (κ2) is 5.84. The lowest BCUT2D eigenvalue weighted by atomic mass is 9.51. The molecule has 0 radical (unpaired) electrons. The molecule has 4 aliphatic carbocycles. The van der Waals surface area contributed by atoms with E-state index >= 15 is 0 Å². The van der Waals surface area contributed by atoms with E-state index in [4.69, 9.17) is 0 Å². The van der Waals surface area contributed by atoms with Gasteiger partial charge in [-0.1, -0.05) is 51.0 Å². The number of rotatable bonds is 1. The van der Waals surface area contributed by atoms with Crippen molar-refractivity contribution in [2.24, 2.45) is 35.0 Å². The van der Waals surface area contributed by atoms with Gasteiger partial charge in [-0.15, -0.1) is 0 Å². The molecule has 0 heterocycles. The smallest absolute Gasteiger partial charge is 0.0134 e. The van der Waals surface area contributed by atoms with E-state index in [2.05, 4.69) is 32.9 Å². The maximum atomic E-state index is 2.66. The number of fused-ring (bicyclic) bond motifs is 5. The molecule has 22 heavy (non-hydrogen) atoms. The molecule has 0 N–H and O–H groups in total. The molecule has 6 unspecified atom stereocenters. The zero-order chi connectivity index (χ0) is 14.6. The van der Waals surface area contributed by atoms with Crippen molar-refractivity contribution < 1.29 is 0 Å². The molecular formula is C22H36. The Morgan fingerprint density at radius 1 is 1.14 bits per heavy atom. The Morgan fingerprint density at radius 3 is 2.73 bits per heavy atom. The summed E-state index contributed by atoms with van der Waals surface area (Å²) in [6.07, 6.45) is 16.8. The summed E-state index contributed by atoms with van der Waals surface area (Å²) in [6, 6.07) is 0. The molecule has 0 heteroatoms. The molecular weight excluding hydrogens is 264 g/mol. The van der Waals surface area contributed by atoms with Crippen LogP contribution >= 0.6 is 0 Å². The SMILES string of the molecule is C.CCC1CCC2C3CCC4=CC(C)=CCC4C3CCC12C. The first-order chi connectivity index (χ1) is 10.1. The predicted molar refractivity (Wildman–Crippen MR) is 96.7 cm³/mol. The van der Waals surface area contributed by atoms with Crippen molar-refractivity contribution in [1.82, 2.24) is 0 Å². The number of hydrogen-bond donors (Lipinski definition) is 0. The van der Waals surface area contributed by atoms with Crippen molar-refractivity contribution in [2.75, 3.05) is 0 Å². The lowest BCUT2D eigenvalue weighted by Crippen LogP contribution is -2.45. The van der Waals surface area contributed by atoms with E-state index in [9.17, 15) is 0 Å². The fourth-order valence-electron chi connectivity index (χ4n) is 6.97. The van der Waals surface area contributed by atoms with Crippen LogP contribution in [0.15, 0.2) is 23.3 Å². The van der Waals surface area contributed by atoms with Gasteiger partial charge in [0, 0.05) is 0 Å². The highest BCUT2D eigenvalue weighted by Gasteiger charge is 2.55. The van der Waals surface area contributed by atoms with Gasteiger partial charge in [-0.3, -0.25) is 0 Å². The Kier molecular flexibility index (Phi) is 4.34. The molecule has 3 fully saturated rings. The molecule has 0 saturated heterocycles. The van der Waals surface area contributed by atoms with Crippen LogP contribution in [0.2, 0.25) is 0 Å². The van der Waals surface area contributed by atoms with Crippen LogP contribution in [0, 0.1) is 35.0 Å². The highest BCUT2D eigenvalue weighted by Crippen LogP contribution is 2.64. The van der Waals surface area contributed by atoms with Crippen LogP contribution in [-0.4, -0.2) is 0 Å². The summed E-state index contributed by atoms with van der Waals surface area (Å²) >= 11 is 0. The van der Waals surface area contributed by atoms with E-state index in [1.807, 2.05) is 5.57 Å². The van der Waals surface area contributed by atoms with Gasteiger partial charge in [-0.25, -0.2) is 0 Å². The van der Waals surface area contributed by atoms with Crippen LogP contribution in [0.25, 0.3) is 0 Å². The maximum absolute atomic E-state index is 2.66. The van der Waals surface area contributed by atoms with E-state index in [1.54, 1.807) is 0 Å². The van der Waals surface area contributed by atoms with Crippen LogP contribution in [0.3, 0.4) is 0 Å². The van der Waals surface area contributed by atoms with E-state index in [1.165, 1.54) is 56.9 Å². The van der Waals surface area contributed by atoms with Gasteiger partial charge in [0.15, 0.2) is 0 Å². The van der Waals surface area contributed by atoms with Gasteiger partial charge in [-0.05, 0) is 86.9 Å². The van der Waals surface area contributed by atoms with Crippen molar-refractivity contribution in [3.8, 4) is 0 Å². The number of allylic oxidation sites excluding steroid dienone is 4. The lowest BCUT2D eigenvalue weighted by Gasteiger charge is -2.54. The largest absolute Gasteiger partial charge is 0.0810 e. The van der Waals surface area contributed by atoms with Crippen LogP contribution in [-0.2, 0) is 0 Å². The highest BCUT2D eigenvalue weighted by molar-refractivity contribution is 5.31. The molecule has 0 aliphatic heterocycles. The van der Waals surface area contributed by atoms with Gasteiger partial charge in [0.2, 0.25) is 0 Å². The molecule has 4 aliphatic rings. The Morgan fingerprint density at radius 2 is 1.95 bits per heavy atom. The Bertz CT molecular complexity index is 482. The molecule has 6 atom stereocenters. The summed E-state index contributed by atoms with van der Waals surface area (Å²) in [5.41, 5.74) is 4.02. The van der Waals surface area contributed by atoms with Crippen LogP contribution in [0.5, 0.6) is 0 Å². The summed E-state index contributed by atoms with van der Waals surface area (Å²) in [7, 11) is 0. The van der Waals surface area contributed by atoms with E-state index in [-0.39, 0.29) is 7.43 Å². The fourth-order valence-corrected chi connectivity index (χ4v) is 6.97. The summed E-state index contributed by atoms with van der Waals surface area (Å²) in [6.45, 7) is 7.38. The standard InChI is InChI=1S/C21H32.CH4/c1-4-16-7-10-20-19-9-6-15-13-14(2)5-8-17(15)18(19)11-12-21(16,20)3;/h5,13,16-20H,4,6-12H2,1-3H3;1H4. The van der Waals surface area contributed by atoms with Crippen molar-refractivity contribution in [3.05, 3.63) is 23.3 Å². The van der Waals surface area contributed by atoms with Gasteiger partial charge in [0.25, 0.3) is 0 Å². The summed E-state index contributed by atoms with van der Waals surface area (Å²) in [5, 5.41) is 0. The molecule has 3 saturated carbocycles. The van der Waals surface area contributed by atoms with Gasteiger partial charge in [0.1, 0.15) is 0 Å². The van der Waals surface area contributed by atoms with Crippen LogP contribution < -0.4 is 0 Å². The Hall–Kier alpha value is -0.520. The third kappa shape index (κ3) is 2.24. The van der Waals surface area contributed by atoms with Crippen molar-refractivity contribution >= 4 is 0 Å². The first-order valence-electron chi connectivity index (χ1n) is 9.50. The second-order valence-electron chi connectivity index (χ2n) is 8.71. The van der Waals surface area contributed by atoms with Crippen LogP contribution in [0.1, 0.15) is 79.6 Å². The average Bonchev–Trinajstić information content (AvgIpc) is 2.83. The van der Waals surface area contributed by atoms with Crippen molar-refractivity contribution in [1.29, 1.82) is 0 Å². The Labute approximate surface area is 138 Å². The molecule has 0 amide bonds. The molecule has 0 aromatic carbocycles. The normalized spacial score (nSPS) is 46.6. The lowest BCUT2D eigenvalue weighted by molar-refractivity contribution is -0.0193. The van der Waals surface area contributed by atoms with Gasteiger partial charge < -0.3 is 0 Å².